The molecule has 0 spiro atoms. The fraction of sp³-hybridized carbons (Fsp3) is 0.269. The number of fused-ring (bicyclic) bond motifs is 1. The maximum atomic E-state index is 13.2. The van der Waals surface area contributed by atoms with Crippen molar-refractivity contribution in [2.45, 2.75) is 26.7 Å². The summed E-state index contributed by atoms with van der Waals surface area (Å²) in [7, 11) is 5.32. The molecule has 1 amide bonds. The Hall–Kier alpha value is -3.67. The van der Waals surface area contributed by atoms with Gasteiger partial charge >= 0.3 is 0 Å². The van der Waals surface area contributed by atoms with Gasteiger partial charge in [-0.05, 0) is 43.0 Å². The monoisotopic (exact) mass is 428 g/mol. The molecular formula is C26H28N4O2. The lowest BCUT2D eigenvalue weighted by atomic mass is 9.99. The number of hydrogen-bond donors (Lipinski definition) is 0. The van der Waals surface area contributed by atoms with Gasteiger partial charge in [-0.15, -0.1) is 5.10 Å². The van der Waals surface area contributed by atoms with E-state index in [2.05, 4.69) is 30.2 Å². The molecule has 0 saturated heterocycles. The van der Waals surface area contributed by atoms with E-state index in [0.29, 0.717) is 18.7 Å². The van der Waals surface area contributed by atoms with Crippen molar-refractivity contribution in [3.05, 3.63) is 71.4 Å². The molecular weight excluding hydrogens is 400 g/mol. The Kier molecular flexibility index (Phi) is 5.95. The summed E-state index contributed by atoms with van der Waals surface area (Å²) < 4.78 is 7.19. The number of para-hydroxylation sites is 1. The van der Waals surface area contributed by atoms with E-state index in [1.165, 1.54) is 0 Å². The van der Waals surface area contributed by atoms with Crippen LogP contribution in [0.2, 0.25) is 0 Å². The molecule has 164 valence electrons. The number of methoxy groups -OCH3 is 1. The van der Waals surface area contributed by atoms with Crippen LogP contribution >= 0.6 is 0 Å². The number of rotatable bonds is 6. The molecule has 0 aliphatic rings. The predicted molar refractivity (Wildman–Crippen MR) is 128 cm³/mol. The zero-order valence-electron chi connectivity index (χ0n) is 19.2. The first kappa shape index (κ1) is 21.6. The standard InChI is InChI=1S/C26H28N4O2/c1-17-20(18(2)27-25-24(17)26(32-5)28-30(25)4)15-16-23(31)29(3)22-14-10-9-13-21(22)19-11-7-6-8-12-19/h6-14H,15-16H2,1-5H3. The first-order valence-corrected chi connectivity index (χ1v) is 10.7. The van der Waals surface area contributed by atoms with E-state index in [-0.39, 0.29) is 5.91 Å². The Morgan fingerprint density at radius 1 is 1.06 bits per heavy atom. The van der Waals surface area contributed by atoms with Gasteiger partial charge in [0.1, 0.15) is 0 Å². The van der Waals surface area contributed by atoms with Crippen molar-refractivity contribution < 1.29 is 9.53 Å². The van der Waals surface area contributed by atoms with Crippen LogP contribution in [0.5, 0.6) is 5.88 Å². The normalized spacial score (nSPS) is 11.0. The highest BCUT2D eigenvalue weighted by atomic mass is 16.5. The van der Waals surface area contributed by atoms with E-state index in [4.69, 9.17) is 9.72 Å². The van der Waals surface area contributed by atoms with Crippen LogP contribution in [-0.2, 0) is 18.3 Å². The minimum atomic E-state index is 0.0606. The second-order valence-corrected chi connectivity index (χ2v) is 7.97. The van der Waals surface area contributed by atoms with Crippen LogP contribution in [0.1, 0.15) is 23.2 Å². The number of aryl methyl sites for hydroxylation is 3. The molecule has 4 rings (SSSR count). The molecule has 32 heavy (non-hydrogen) atoms. The molecule has 0 bridgehead atoms. The van der Waals surface area contributed by atoms with Gasteiger partial charge in [0, 0.05) is 31.8 Å². The lowest BCUT2D eigenvalue weighted by Gasteiger charge is -2.21. The zero-order valence-corrected chi connectivity index (χ0v) is 19.2. The summed E-state index contributed by atoms with van der Waals surface area (Å²) in [4.78, 5) is 19.7. The van der Waals surface area contributed by atoms with Crippen LogP contribution in [0.15, 0.2) is 54.6 Å². The van der Waals surface area contributed by atoms with E-state index >= 15 is 0 Å². The highest BCUT2D eigenvalue weighted by Gasteiger charge is 2.20. The van der Waals surface area contributed by atoms with Crippen LogP contribution < -0.4 is 9.64 Å². The number of amides is 1. The van der Waals surface area contributed by atoms with E-state index < -0.39 is 0 Å². The molecule has 0 radical (unpaired) electrons. The number of anilines is 1. The molecule has 2 aromatic heterocycles. The molecule has 0 saturated carbocycles. The van der Waals surface area contributed by atoms with E-state index in [1.807, 2.05) is 57.4 Å². The quantitative estimate of drug-likeness (QED) is 0.440. The van der Waals surface area contributed by atoms with Crippen LogP contribution in [0.3, 0.4) is 0 Å². The van der Waals surface area contributed by atoms with Gasteiger partial charge in [-0.25, -0.2) is 9.67 Å². The number of pyridine rings is 1. The van der Waals surface area contributed by atoms with Gasteiger partial charge in [0.05, 0.1) is 18.2 Å². The summed E-state index contributed by atoms with van der Waals surface area (Å²) in [5.41, 5.74) is 6.88. The number of carbonyl (C=O) groups excluding carboxylic acids is 1. The van der Waals surface area contributed by atoms with Crippen LogP contribution in [0.4, 0.5) is 5.69 Å². The van der Waals surface area contributed by atoms with Crippen molar-refractivity contribution in [2.75, 3.05) is 19.1 Å². The van der Waals surface area contributed by atoms with E-state index in [0.717, 1.165) is 44.7 Å². The number of nitrogens with zero attached hydrogens (tertiary/aromatic N) is 4. The molecule has 4 aromatic rings. The summed E-state index contributed by atoms with van der Waals surface area (Å²) in [6, 6.07) is 18.1. The molecule has 0 unspecified atom stereocenters. The Labute approximate surface area is 188 Å². The predicted octanol–water partition coefficient (Wildman–Crippen LogP) is 4.86. The topological polar surface area (TPSA) is 60.2 Å². The van der Waals surface area contributed by atoms with Crippen molar-refractivity contribution in [1.82, 2.24) is 14.8 Å². The average Bonchev–Trinajstić information content (AvgIpc) is 3.14. The van der Waals surface area contributed by atoms with Gasteiger partial charge in [0.2, 0.25) is 11.8 Å². The van der Waals surface area contributed by atoms with Gasteiger partial charge in [-0.3, -0.25) is 4.79 Å². The van der Waals surface area contributed by atoms with Crippen molar-refractivity contribution in [2.24, 2.45) is 7.05 Å². The highest BCUT2D eigenvalue weighted by molar-refractivity contribution is 5.97. The van der Waals surface area contributed by atoms with Crippen LogP contribution in [0, 0.1) is 13.8 Å². The lowest BCUT2D eigenvalue weighted by Crippen LogP contribution is -2.27. The van der Waals surface area contributed by atoms with Gasteiger partial charge in [-0.1, -0.05) is 48.5 Å². The Balaban J connectivity index is 1.60. The summed E-state index contributed by atoms with van der Waals surface area (Å²) in [5, 5.41) is 5.32. The smallest absolute Gasteiger partial charge is 0.242 e. The molecule has 0 N–H and O–H groups in total. The summed E-state index contributed by atoms with van der Waals surface area (Å²) in [6.07, 6.45) is 0.992. The van der Waals surface area contributed by atoms with Gasteiger partial charge in [-0.2, -0.15) is 0 Å². The van der Waals surface area contributed by atoms with Crippen LogP contribution in [0.25, 0.3) is 22.2 Å². The first-order chi connectivity index (χ1) is 15.4. The fourth-order valence-corrected chi connectivity index (χ4v) is 4.27. The largest absolute Gasteiger partial charge is 0.479 e. The molecule has 0 atom stereocenters. The number of aromatic nitrogens is 3. The maximum Gasteiger partial charge on any atom is 0.242 e. The number of hydrogen-bond acceptors (Lipinski definition) is 4. The third-order valence-electron chi connectivity index (χ3n) is 6.03. The summed E-state index contributed by atoms with van der Waals surface area (Å²) in [5.74, 6) is 0.624. The third kappa shape index (κ3) is 3.84. The van der Waals surface area contributed by atoms with Crippen molar-refractivity contribution >= 4 is 22.6 Å². The Bertz CT molecular complexity index is 1280. The van der Waals surface area contributed by atoms with Crippen molar-refractivity contribution in [3.8, 4) is 17.0 Å². The Morgan fingerprint density at radius 2 is 1.75 bits per heavy atom. The SMILES string of the molecule is COc1nn(C)c2nc(C)c(CCC(=O)N(C)c3ccccc3-c3ccccc3)c(C)c12. The molecule has 6 nitrogen and oxygen atoms in total. The molecule has 0 fully saturated rings. The summed E-state index contributed by atoms with van der Waals surface area (Å²) in [6.45, 7) is 4.04. The summed E-state index contributed by atoms with van der Waals surface area (Å²) >= 11 is 0. The number of benzene rings is 2. The molecule has 0 aliphatic heterocycles. The van der Waals surface area contributed by atoms with Crippen molar-refractivity contribution in [1.29, 1.82) is 0 Å². The second kappa shape index (κ2) is 8.83. The number of carbonyl (C=O) groups is 1. The van der Waals surface area contributed by atoms with Crippen molar-refractivity contribution in [3.63, 3.8) is 0 Å². The van der Waals surface area contributed by atoms with E-state index in [9.17, 15) is 4.79 Å². The zero-order chi connectivity index (χ0) is 22.8. The maximum absolute atomic E-state index is 13.2. The molecule has 2 aromatic carbocycles. The number of ether oxygens (including phenoxy) is 1. The molecule has 0 aliphatic carbocycles. The fourth-order valence-electron chi connectivity index (χ4n) is 4.27. The molecule has 2 heterocycles. The van der Waals surface area contributed by atoms with Gasteiger partial charge in [0.15, 0.2) is 5.65 Å². The first-order valence-electron chi connectivity index (χ1n) is 10.7. The minimum absolute atomic E-state index is 0.0606. The second-order valence-electron chi connectivity index (χ2n) is 7.97. The van der Waals surface area contributed by atoms with E-state index in [1.54, 1.807) is 16.7 Å². The highest BCUT2D eigenvalue weighted by Crippen LogP contribution is 2.32. The Morgan fingerprint density at radius 3 is 2.47 bits per heavy atom. The minimum Gasteiger partial charge on any atom is -0.479 e. The van der Waals surface area contributed by atoms with Gasteiger partial charge in [0.25, 0.3) is 0 Å². The lowest BCUT2D eigenvalue weighted by molar-refractivity contribution is -0.118. The molecule has 6 heteroatoms. The average molecular weight is 429 g/mol. The third-order valence-corrected chi connectivity index (χ3v) is 6.03. The van der Waals surface area contributed by atoms with Crippen LogP contribution in [-0.4, -0.2) is 34.8 Å². The van der Waals surface area contributed by atoms with Gasteiger partial charge < -0.3 is 9.64 Å².